The molecule has 1 aromatic carbocycles. The van der Waals surface area contributed by atoms with E-state index in [0.29, 0.717) is 16.3 Å². The number of hydrogen-bond acceptors (Lipinski definition) is 3. The number of aromatic nitrogens is 3. The van der Waals surface area contributed by atoms with Gasteiger partial charge in [0.05, 0.1) is 6.20 Å². The Bertz CT molecular complexity index is 507. The van der Waals surface area contributed by atoms with Crippen LogP contribution in [0.1, 0.15) is 16.1 Å². The lowest BCUT2D eigenvalue weighted by molar-refractivity contribution is 0.103. The molecule has 4 nitrogen and oxygen atoms in total. The molecule has 0 fully saturated rings. The van der Waals surface area contributed by atoms with Crippen LogP contribution in [0, 0.1) is 0 Å². The summed E-state index contributed by atoms with van der Waals surface area (Å²) in [6.07, 6.45) is 1.43. The SMILES string of the molecule is Cn1ncc(C(=O)c2cccc(Cl)c2)n1. The van der Waals surface area contributed by atoms with Crippen LogP contribution < -0.4 is 0 Å². The first-order valence-electron chi connectivity index (χ1n) is 4.33. The maximum atomic E-state index is 11.8. The Hall–Kier alpha value is -1.68. The number of carbonyl (C=O) groups excluding carboxylic acids is 1. The van der Waals surface area contributed by atoms with Crippen molar-refractivity contribution in [2.24, 2.45) is 7.05 Å². The molecule has 0 N–H and O–H groups in total. The molecular weight excluding hydrogens is 214 g/mol. The number of ketones is 1. The highest BCUT2D eigenvalue weighted by molar-refractivity contribution is 6.31. The lowest BCUT2D eigenvalue weighted by Gasteiger charge is -1.96. The number of carbonyl (C=O) groups is 1. The van der Waals surface area contributed by atoms with Crippen LogP contribution in [0.15, 0.2) is 30.5 Å². The maximum Gasteiger partial charge on any atom is 0.214 e. The number of benzene rings is 1. The first kappa shape index (κ1) is 9.86. The number of nitrogens with zero attached hydrogens (tertiary/aromatic N) is 3. The van der Waals surface area contributed by atoms with E-state index in [-0.39, 0.29) is 5.78 Å². The van der Waals surface area contributed by atoms with Gasteiger partial charge in [0.2, 0.25) is 5.78 Å². The molecule has 76 valence electrons. The van der Waals surface area contributed by atoms with Gasteiger partial charge >= 0.3 is 0 Å². The first-order chi connectivity index (χ1) is 7.16. The van der Waals surface area contributed by atoms with Gasteiger partial charge in [-0.2, -0.15) is 15.0 Å². The zero-order chi connectivity index (χ0) is 10.8. The summed E-state index contributed by atoms with van der Waals surface area (Å²) in [5.74, 6) is -0.175. The normalized spacial score (nSPS) is 10.3. The molecule has 2 aromatic rings. The van der Waals surface area contributed by atoms with Crippen LogP contribution in [0.5, 0.6) is 0 Å². The Morgan fingerprint density at radius 3 is 2.87 bits per heavy atom. The number of rotatable bonds is 2. The quantitative estimate of drug-likeness (QED) is 0.726. The van der Waals surface area contributed by atoms with E-state index in [4.69, 9.17) is 11.6 Å². The number of halogens is 1. The second-order valence-electron chi connectivity index (χ2n) is 3.06. The zero-order valence-electron chi connectivity index (χ0n) is 8.01. The fourth-order valence-electron chi connectivity index (χ4n) is 1.23. The Labute approximate surface area is 91.5 Å². The Morgan fingerprint density at radius 2 is 2.27 bits per heavy atom. The molecule has 15 heavy (non-hydrogen) atoms. The zero-order valence-corrected chi connectivity index (χ0v) is 8.77. The summed E-state index contributed by atoms with van der Waals surface area (Å²) in [7, 11) is 1.66. The highest BCUT2D eigenvalue weighted by Gasteiger charge is 2.12. The minimum Gasteiger partial charge on any atom is -0.287 e. The van der Waals surface area contributed by atoms with Crippen molar-refractivity contribution in [1.29, 1.82) is 0 Å². The van der Waals surface area contributed by atoms with Gasteiger partial charge in [0.1, 0.15) is 0 Å². The molecule has 0 unspecified atom stereocenters. The van der Waals surface area contributed by atoms with Crippen molar-refractivity contribution in [2.45, 2.75) is 0 Å². The van der Waals surface area contributed by atoms with Crippen LogP contribution in [0.3, 0.4) is 0 Å². The van der Waals surface area contributed by atoms with Gasteiger partial charge < -0.3 is 0 Å². The van der Waals surface area contributed by atoms with Crippen molar-refractivity contribution < 1.29 is 4.79 Å². The topological polar surface area (TPSA) is 47.8 Å². The van der Waals surface area contributed by atoms with Gasteiger partial charge in [0.25, 0.3) is 0 Å². The summed E-state index contributed by atoms with van der Waals surface area (Å²) in [5.41, 5.74) is 0.836. The van der Waals surface area contributed by atoms with Crippen molar-refractivity contribution in [3.63, 3.8) is 0 Å². The third-order valence-electron chi connectivity index (χ3n) is 1.92. The smallest absolute Gasteiger partial charge is 0.214 e. The van der Waals surface area contributed by atoms with Crippen LogP contribution in [0.4, 0.5) is 0 Å². The Balaban J connectivity index is 2.36. The lowest BCUT2D eigenvalue weighted by Crippen LogP contribution is -2.03. The van der Waals surface area contributed by atoms with Gasteiger partial charge in [0, 0.05) is 17.6 Å². The van der Waals surface area contributed by atoms with Crippen LogP contribution >= 0.6 is 11.6 Å². The maximum absolute atomic E-state index is 11.8. The van der Waals surface area contributed by atoms with Crippen molar-refractivity contribution in [1.82, 2.24) is 15.0 Å². The molecule has 1 aromatic heterocycles. The monoisotopic (exact) mass is 221 g/mol. The molecule has 2 rings (SSSR count). The third kappa shape index (κ3) is 2.05. The van der Waals surface area contributed by atoms with E-state index in [1.807, 2.05) is 0 Å². The molecule has 0 amide bonds. The second kappa shape index (κ2) is 3.82. The Kier molecular flexibility index (Phi) is 2.51. The molecule has 0 saturated carbocycles. The molecule has 0 atom stereocenters. The van der Waals surface area contributed by atoms with Crippen molar-refractivity contribution in [3.05, 3.63) is 46.7 Å². The molecule has 0 aliphatic rings. The predicted molar refractivity (Wildman–Crippen MR) is 55.9 cm³/mol. The van der Waals surface area contributed by atoms with Gasteiger partial charge in [-0.15, -0.1) is 0 Å². The summed E-state index contributed by atoms with van der Waals surface area (Å²) in [4.78, 5) is 13.2. The number of aryl methyl sites for hydroxylation is 1. The molecule has 0 saturated heterocycles. The van der Waals surface area contributed by atoms with Crippen molar-refractivity contribution >= 4 is 17.4 Å². The summed E-state index contributed by atoms with van der Waals surface area (Å²) in [6, 6.07) is 6.75. The highest BCUT2D eigenvalue weighted by atomic mass is 35.5. The van der Waals surface area contributed by atoms with E-state index in [9.17, 15) is 4.79 Å². The van der Waals surface area contributed by atoms with E-state index >= 15 is 0 Å². The van der Waals surface area contributed by atoms with E-state index in [2.05, 4.69) is 10.2 Å². The van der Waals surface area contributed by atoms with Crippen LogP contribution in [0.25, 0.3) is 0 Å². The summed E-state index contributed by atoms with van der Waals surface area (Å²) in [6.45, 7) is 0. The van der Waals surface area contributed by atoms with Crippen molar-refractivity contribution in [2.75, 3.05) is 0 Å². The molecule has 0 radical (unpaired) electrons. The van der Waals surface area contributed by atoms with Crippen LogP contribution in [-0.2, 0) is 7.05 Å². The van der Waals surface area contributed by atoms with Gasteiger partial charge in [-0.3, -0.25) is 4.79 Å². The second-order valence-corrected chi connectivity index (χ2v) is 3.50. The molecule has 0 aliphatic carbocycles. The lowest BCUT2D eigenvalue weighted by atomic mass is 10.1. The van der Waals surface area contributed by atoms with Crippen LogP contribution in [-0.4, -0.2) is 20.8 Å². The molecule has 1 heterocycles. The molecule has 0 bridgehead atoms. The van der Waals surface area contributed by atoms with E-state index in [1.165, 1.54) is 11.0 Å². The van der Waals surface area contributed by atoms with Crippen molar-refractivity contribution in [3.8, 4) is 0 Å². The van der Waals surface area contributed by atoms with Gasteiger partial charge in [-0.25, -0.2) is 0 Å². The van der Waals surface area contributed by atoms with Gasteiger partial charge in [-0.05, 0) is 12.1 Å². The fourth-order valence-corrected chi connectivity index (χ4v) is 1.42. The minimum absolute atomic E-state index is 0.175. The van der Waals surface area contributed by atoms with E-state index < -0.39 is 0 Å². The van der Waals surface area contributed by atoms with E-state index in [1.54, 1.807) is 31.3 Å². The van der Waals surface area contributed by atoms with Gasteiger partial charge in [-0.1, -0.05) is 23.7 Å². The van der Waals surface area contributed by atoms with Gasteiger partial charge in [0.15, 0.2) is 5.69 Å². The average molecular weight is 222 g/mol. The average Bonchev–Trinajstić information content (AvgIpc) is 2.64. The van der Waals surface area contributed by atoms with E-state index in [0.717, 1.165) is 0 Å². The minimum atomic E-state index is -0.175. The molecular formula is C10H8ClN3O. The summed E-state index contributed by atoms with van der Waals surface area (Å²) in [5, 5.41) is 8.30. The largest absolute Gasteiger partial charge is 0.287 e. The van der Waals surface area contributed by atoms with Crippen LogP contribution in [0.2, 0.25) is 5.02 Å². The third-order valence-corrected chi connectivity index (χ3v) is 2.15. The summed E-state index contributed by atoms with van der Waals surface area (Å²) >= 11 is 5.79. The summed E-state index contributed by atoms with van der Waals surface area (Å²) < 4.78 is 0. The molecule has 0 spiro atoms. The Morgan fingerprint density at radius 1 is 1.47 bits per heavy atom. The predicted octanol–water partition coefficient (Wildman–Crippen LogP) is 1.70. The number of hydrogen-bond donors (Lipinski definition) is 0. The highest BCUT2D eigenvalue weighted by Crippen LogP contribution is 2.13. The fraction of sp³-hybridized carbons (Fsp3) is 0.100. The molecule has 0 aliphatic heterocycles. The molecule has 5 heteroatoms. The first-order valence-corrected chi connectivity index (χ1v) is 4.71. The standard InChI is InChI=1S/C10H8ClN3O/c1-14-12-6-9(13-14)10(15)7-3-2-4-8(11)5-7/h2-6H,1H3.